The molecular weight excluding hydrogens is 386 g/mol. The molecule has 1 aliphatic heterocycles. The molecule has 5 atom stereocenters. The molecule has 0 radical (unpaired) electrons. The number of esters is 1. The molecule has 1 fully saturated rings. The number of nitrogens with one attached hydrogen (secondary N) is 1. The molecule has 2 heterocycles. The van der Waals surface area contributed by atoms with E-state index in [1.54, 1.807) is 0 Å². The number of nitrogens with zero attached hydrogens (tertiary/aromatic N) is 1. The lowest BCUT2D eigenvalue weighted by molar-refractivity contribution is -0.145. The molecule has 1 aromatic carbocycles. The van der Waals surface area contributed by atoms with Crippen molar-refractivity contribution in [3.8, 4) is 0 Å². The van der Waals surface area contributed by atoms with Crippen LogP contribution in [-0.2, 0) is 16.0 Å². The predicted molar refractivity (Wildman–Crippen MR) is 103 cm³/mol. The Hall–Kier alpha value is -2.40. The van der Waals surface area contributed by atoms with Crippen LogP contribution in [0.3, 0.4) is 0 Å². The topological polar surface area (TPSA) is 148 Å². The van der Waals surface area contributed by atoms with E-state index < -0.39 is 46.1 Å². The number of benzene rings is 1. The summed E-state index contributed by atoms with van der Waals surface area (Å²) in [6.45, 7) is -0.168. The average Bonchev–Trinajstić information content (AvgIpc) is 2.95. The van der Waals surface area contributed by atoms with Crippen molar-refractivity contribution in [2.75, 3.05) is 6.61 Å². The van der Waals surface area contributed by atoms with E-state index in [0.717, 1.165) is 28.0 Å². The second-order valence-corrected chi connectivity index (χ2v) is 7.85. The van der Waals surface area contributed by atoms with Crippen molar-refractivity contribution >= 4 is 17.7 Å². The fourth-order valence-corrected chi connectivity index (χ4v) is 4.39. The predicted octanol–water partition coefficient (Wildman–Crippen LogP) is -1.01. The van der Waals surface area contributed by atoms with Crippen LogP contribution in [0.15, 0.2) is 52.2 Å². The van der Waals surface area contributed by atoms with E-state index in [0.29, 0.717) is 6.42 Å². The molecule has 2 unspecified atom stereocenters. The van der Waals surface area contributed by atoms with Crippen molar-refractivity contribution in [1.82, 2.24) is 9.55 Å². The number of hydrogen-bond acceptors (Lipinski definition) is 8. The van der Waals surface area contributed by atoms with Crippen molar-refractivity contribution in [1.29, 1.82) is 0 Å². The molecule has 3 rings (SSSR count). The maximum absolute atomic E-state index is 12.1. The molecule has 28 heavy (non-hydrogen) atoms. The van der Waals surface area contributed by atoms with Gasteiger partial charge in [-0.3, -0.25) is 19.1 Å². The summed E-state index contributed by atoms with van der Waals surface area (Å²) in [5, 5.41) is 19.0. The quantitative estimate of drug-likeness (QED) is 0.445. The minimum atomic E-state index is -1.27. The van der Waals surface area contributed by atoms with Gasteiger partial charge in [-0.05, 0) is 12.0 Å². The number of ether oxygens (including phenoxy) is 1. The first-order valence-corrected chi connectivity index (χ1v) is 9.60. The first kappa shape index (κ1) is 20.3. The zero-order valence-electron chi connectivity index (χ0n) is 14.8. The number of carbonyl (C=O) groups is 1. The van der Waals surface area contributed by atoms with E-state index in [1.165, 1.54) is 6.20 Å². The SMILES string of the molecule is N[C@@H](Cc1ccccc1)C(=O)OC[C@H]1S[C@@H](n2ccc(=O)[nH]c2=O)C(O)C1O. The number of aliphatic hydroxyl groups excluding tert-OH is 2. The Labute approximate surface area is 164 Å². The van der Waals surface area contributed by atoms with E-state index in [9.17, 15) is 24.6 Å². The Morgan fingerprint density at radius 2 is 1.93 bits per heavy atom. The molecule has 0 saturated carbocycles. The highest BCUT2D eigenvalue weighted by Crippen LogP contribution is 2.41. The molecule has 0 aliphatic carbocycles. The summed E-state index contributed by atoms with van der Waals surface area (Å²) in [6.07, 6.45) is -0.918. The number of hydrogen-bond donors (Lipinski definition) is 4. The number of H-pyrrole nitrogens is 1. The van der Waals surface area contributed by atoms with Gasteiger partial charge in [-0.25, -0.2) is 4.79 Å². The maximum atomic E-state index is 12.1. The van der Waals surface area contributed by atoms with Crippen molar-refractivity contribution < 1.29 is 19.7 Å². The summed E-state index contributed by atoms with van der Waals surface area (Å²) >= 11 is 1.08. The minimum absolute atomic E-state index is 0.168. The van der Waals surface area contributed by atoms with Gasteiger partial charge in [0, 0.05) is 12.3 Å². The Balaban J connectivity index is 1.59. The zero-order valence-corrected chi connectivity index (χ0v) is 15.6. The van der Waals surface area contributed by atoms with E-state index in [-0.39, 0.29) is 6.61 Å². The summed E-state index contributed by atoms with van der Waals surface area (Å²) < 4.78 is 6.34. The van der Waals surface area contributed by atoms with Crippen molar-refractivity contribution in [3.05, 3.63) is 69.0 Å². The van der Waals surface area contributed by atoms with Crippen LogP contribution in [0.25, 0.3) is 0 Å². The van der Waals surface area contributed by atoms with Gasteiger partial charge in [0.05, 0.1) is 11.4 Å². The van der Waals surface area contributed by atoms with Gasteiger partial charge in [0.2, 0.25) is 0 Å². The van der Waals surface area contributed by atoms with Crippen LogP contribution in [-0.4, -0.2) is 55.8 Å². The summed E-state index contributed by atoms with van der Waals surface area (Å²) in [5.41, 5.74) is 5.52. The smallest absolute Gasteiger partial charge is 0.329 e. The first-order chi connectivity index (χ1) is 13.4. The molecule has 2 aromatic rings. The van der Waals surface area contributed by atoms with Gasteiger partial charge >= 0.3 is 11.7 Å². The van der Waals surface area contributed by atoms with Crippen LogP contribution in [0, 0.1) is 0 Å². The molecule has 0 spiro atoms. The second kappa shape index (κ2) is 8.74. The molecule has 5 N–H and O–H groups in total. The number of rotatable bonds is 6. The number of aliphatic hydroxyl groups is 2. The van der Waals surface area contributed by atoms with Gasteiger partial charge in [0.25, 0.3) is 5.56 Å². The van der Waals surface area contributed by atoms with E-state index >= 15 is 0 Å². The highest BCUT2D eigenvalue weighted by atomic mass is 32.2. The van der Waals surface area contributed by atoms with Crippen LogP contribution in [0.1, 0.15) is 10.9 Å². The fourth-order valence-electron chi connectivity index (χ4n) is 2.95. The first-order valence-electron chi connectivity index (χ1n) is 8.66. The van der Waals surface area contributed by atoms with Crippen molar-refractivity contribution in [2.45, 2.75) is 35.3 Å². The lowest BCUT2D eigenvalue weighted by Crippen LogP contribution is -2.39. The standard InChI is InChI=1S/C18H21N3O6S/c19-11(8-10-4-2-1-3-5-10)17(25)27-9-12-14(23)15(24)16(28-12)21-7-6-13(22)20-18(21)26/h1-7,11-12,14-16,23-24H,8-9,19H2,(H,20,22,26)/t11-,12+,14?,15?,16+/m0/s1. The average molecular weight is 407 g/mol. The molecule has 1 aliphatic rings. The number of nitrogens with two attached hydrogens (primary N) is 1. The van der Waals surface area contributed by atoms with E-state index in [2.05, 4.69) is 4.98 Å². The third kappa shape index (κ3) is 4.53. The Kier molecular flexibility index (Phi) is 6.35. The van der Waals surface area contributed by atoms with Gasteiger partial charge in [-0.2, -0.15) is 0 Å². The second-order valence-electron chi connectivity index (χ2n) is 6.49. The summed E-state index contributed by atoms with van der Waals surface area (Å²) in [6, 6.07) is 9.56. The molecule has 10 heteroatoms. The van der Waals surface area contributed by atoms with Crippen LogP contribution >= 0.6 is 11.8 Å². The van der Waals surface area contributed by atoms with Gasteiger partial charge in [0.15, 0.2) is 0 Å². The van der Waals surface area contributed by atoms with E-state index in [4.69, 9.17) is 10.5 Å². The number of aromatic amines is 1. The van der Waals surface area contributed by atoms with Crippen LogP contribution in [0.5, 0.6) is 0 Å². The minimum Gasteiger partial charge on any atom is -0.463 e. The van der Waals surface area contributed by atoms with Crippen molar-refractivity contribution in [3.63, 3.8) is 0 Å². The molecular formula is C18H21N3O6S. The van der Waals surface area contributed by atoms with Gasteiger partial charge in [-0.1, -0.05) is 30.3 Å². The number of carbonyl (C=O) groups excluding carboxylic acids is 1. The third-order valence-corrected chi connectivity index (χ3v) is 6.00. The lowest BCUT2D eigenvalue weighted by Gasteiger charge is -2.17. The Morgan fingerprint density at radius 1 is 1.21 bits per heavy atom. The summed E-state index contributed by atoms with van der Waals surface area (Å²) in [5.74, 6) is -0.615. The number of thioether (sulfide) groups is 1. The van der Waals surface area contributed by atoms with Crippen LogP contribution in [0.2, 0.25) is 0 Å². The third-order valence-electron chi connectivity index (χ3n) is 4.45. The molecule has 0 amide bonds. The molecule has 1 saturated heterocycles. The largest absolute Gasteiger partial charge is 0.463 e. The molecule has 1 aromatic heterocycles. The lowest BCUT2D eigenvalue weighted by atomic mass is 10.1. The van der Waals surface area contributed by atoms with E-state index in [1.807, 2.05) is 30.3 Å². The summed E-state index contributed by atoms with van der Waals surface area (Å²) in [4.78, 5) is 37.3. The summed E-state index contributed by atoms with van der Waals surface area (Å²) in [7, 11) is 0. The van der Waals surface area contributed by atoms with Crippen LogP contribution < -0.4 is 17.0 Å². The maximum Gasteiger partial charge on any atom is 0.329 e. The Morgan fingerprint density at radius 3 is 2.61 bits per heavy atom. The molecule has 9 nitrogen and oxygen atoms in total. The normalized spacial score (nSPS) is 25.4. The van der Waals surface area contributed by atoms with Crippen LogP contribution in [0.4, 0.5) is 0 Å². The zero-order chi connectivity index (χ0) is 20.3. The molecule has 0 bridgehead atoms. The van der Waals surface area contributed by atoms with Gasteiger partial charge < -0.3 is 20.7 Å². The Bertz CT molecular complexity index is 931. The highest BCUT2D eigenvalue weighted by Gasteiger charge is 2.44. The van der Waals surface area contributed by atoms with Gasteiger partial charge in [0.1, 0.15) is 24.1 Å². The highest BCUT2D eigenvalue weighted by molar-refractivity contribution is 8.00. The molecule has 150 valence electrons. The monoisotopic (exact) mass is 407 g/mol. The van der Waals surface area contributed by atoms with Gasteiger partial charge in [-0.15, -0.1) is 11.8 Å². The number of aromatic nitrogens is 2. The fraction of sp³-hybridized carbons (Fsp3) is 0.389. The van der Waals surface area contributed by atoms with Crippen molar-refractivity contribution in [2.24, 2.45) is 5.73 Å².